The highest BCUT2D eigenvalue weighted by molar-refractivity contribution is 6.36. The summed E-state index contributed by atoms with van der Waals surface area (Å²) >= 11 is 6.29. The van der Waals surface area contributed by atoms with Gasteiger partial charge in [0.15, 0.2) is 6.10 Å². The van der Waals surface area contributed by atoms with Crippen molar-refractivity contribution in [1.29, 1.82) is 0 Å². The minimum atomic E-state index is -0.934. The van der Waals surface area contributed by atoms with Gasteiger partial charge in [-0.3, -0.25) is 14.4 Å². The number of ether oxygens (including phenoxy) is 1. The number of para-hydroxylation sites is 2. The van der Waals surface area contributed by atoms with E-state index in [-0.39, 0.29) is 5.91 Å². The first-order valence-corrected chi connectivity index (χ1v) is 10.3. The largest absolute Gasteiger partial charge is 0.497 e. The second kappa shape index (κ2) is 7.72. The molecule has 156 valence electrons. The van der Waals surface area contributed by atoms with Crippen LogP contribution >= 0.6 is 11.6 Å². The van der Waals surface area contributed by atoms with Crippen molar-refractivity contribution < 1.29 is 19.2 Å². The molecular formula is C24H19ClN2O4. The number of anilines is 2. The number of methoxy groups -OCH3 is 1. The van der Waals surface area contributed by atoms with E-state index in [1.165, 1.54) is 0 Å². The molecule has 0 saturated carbocycles. The quantitative estimate of drug-likeness (QED) is 0.570. The van der Waals surface area contributed by atoms with Gasteiger partial charge in [0, 0.05) is 0 Å². The third kappa shape index (κ3) is 3.15. The maximum absolute atomic E-state index is 13.5. The highest BCUT2D eigenvalue weighted by atomic mass is 35.5. The lowest BCUT2D eigenvalue weighted by molar-refractivity contribution is -0.126. The number of benzene rings is 3. The zero-order chi connectivity index (χ0) is 21.5. The van der Waals surface area contributed by atoms with Crippen LogP contribution in [0.3, 0.4) is 0 Å². The summed E-state index contributed by atoms with van der Waals surface area (Å²) in [7, 11) is 1.60. The molecule has 2 aliphatic heterocycles. The number of amides is 2. The van der Waals surface area contributed by atoms with Gasteiger partial charge < -0.3 is 4.74 Å². The summed E-state index contributed by atoms with van der Waals surface area (Å²) in [6, 6.07) is 23.2. The Morgan fingerprint density at radius 1 is 0.871 bits per heavy atom. The Labute approximate surface area is 184 Å². The molecule has 0 N–H and O–H groups in total. The Bertz CT molecular complexity index is 1140. The van der Waals surface area contributed by atoms with E-state index in [0.29, 0.717) is 16.5 Å². The molecule has 5 rings (SSSR count). The fourth-order valence-corrected chi connectivity index (χ4v) is 4.44. The first-order chi connectivity index (χ1) is 15.1. The van der Waals surface area contributed by atoms with Crippen LogP contribution in [0.2, 0.25) is 5.02 Å². The van der Waals surface area contributed by atoms with E-state index in [9.17, 15) is 9.59 Å². The average molecular weight is 435 g/mol. The van der Waals surface area contributed by atoms with Crippen molar-refractivity contribution >= 4 is 34.8 Å². The number of imide groups is 1. The standard InChI is InChI=1S/C24H19ClN2O4/c1-30-17-13-11-15(12-14-17)21-20-22(31-27(21)16-7-3-2-4-8-16)24(29)26(23(20)28)19-10-6-5-9-18(19)25/h2-14,20-22H,1H3/t20-,21+,22-/m1/s1. The topological polar surface area (TPSA) is 59.1 Å². The van der Waals surface area contributed by atoms with E-state index >= 15 is 0 Å². The van der Waals surface area contributed by atoms with E-state index in [0.717, 1.165) is 16.2 Å². The number of carbonyl (C=O) groups is 2. The van der Waals surface area contributed by atoms with Crippen molar-refractivity contribution in [2.75, 3.05) is 17.1 Å². The van der Waals surface area contributed by atoms with Crippen molar-refractivity contribution in [1.82, 2.24) is 0 Å². The van der Waals surface area contributed by atoms with Gasteiger partial charge in [0.05, 0.1) is 29.5 Å². The van der Waals surface area contributed by atoms with Crippen LogP contribution in [-0.2, 0) is 14.4 Å². The van der Waals surface area contributed by atoms with E-state index < -0.39 is 24.0 Å². The zero-order valence-corrected chi connectivity index (χ0v) is 17.4. The number of nitrogens with zero attached hydrogens (tertiary/aromatic N) is 2. The van der Waals surface area contributed by atoms with Gasteiger partial charge in [0.1, 0.15) is 11.7 Å². The maximum atomic E-state index is 13.5. The number of halogens is 1. The molecule has 0 aliphatic carbocycles. The van der Waals surface area contributed by atoms with E-state index in [1.807, 2.05) is 54.6 Å². The summed E-state index contributed by atoms with van der Waals surface area (Å²) < 4.78 is 5.27. The molecule has 0 spiro atoms. The van der Waals surface area contributed by atoms with Gasteiger partial charge in [-0.25, -0.2) is 9.96 Å². The van der Waals surface area contributed by atoms with E-state index in [1.54, 1.807) is 36.4 Å². The van der Waals surface area contributed by atoms with Gasteiger partial charge >= 0.3 is 0 Å². The summed E-state index contributed by atoms with van der Waals surface area (Å²) in [6.07, 6.45) is -0.934. The molecule has 3 aromatic carbocycles. The monoisotopic (exact) mass is 434 g/mol. The summed E-state index contributed by atoms with van der Waals surface area (Å²) in [4.78, 5) is 34.1. The van der Waals surface area contributed by atoms with Crippen LogP contribution in [0, 0.1) is 5.92 Å². The van der Waals surface area contributed by atoms with Crippen LogP contribution in [0.5, 0.6) is 5.75 Å². The summed E-state index contributed by atoms with van der Waals surface area (Å²) in [5.41, 5.74) is 1.99. The van der Waals surface area contributed by atoms with Gasteiger partial charge in [-0.1, -0.05) is 54.1 Å². The summed E-state index contributed by atoms with van der Waals surface area (Å²) in [5.74, 6) is -0.753. The molecule has 3 atom stereocenters. The molecule has 0 radical (unpaired) electrons. The van der Waals surface area contributed by atoms with Crippen LogP contribution in [0.1, 0.15) is 11.6 Å². The normalized spacial score (nSPS) is 22.7. The minimum absolute atomic E-state index is 0.331. The predicted molar refractivity (Wildman–Crippen MR) is 117 cm³/mol. The fraction of sp³-hybridized carbons (Fsp3) is 0.167. The maximum Gasteiger partial charge on any atom is 0.266 e. The summed E-state index contributed by atoms with van der Waals surface area (Å²) in [6.45, 7) is 0. The lowest BCUT2D eigenvalue weighted by Gasteiger charge is -2.29. The Kier molecular flexibility index (Phi) is 4.88. The zero-order valence-electron chi connectivity index (χ0n) is 16.6. The number of carbonyl (C=O) groups excluding carboxylic acids is 2. The molecular weight excluding hydrogens is 416 g/mol. The molecule has 0 bridgehead atoms. The molecule has 31 heavy (non-hydrogen) atoms. The summed E-state index contributed by atoms with van der Waals surface area (Å²) in [5, 5.41) is 2.00. The van der Waals surface area contributed by atoms with Crippen LogP contribution in [0.15, 0.2) is 78.9 Å². The minimum Gasteiger partial charge on any atom is -0.497 e. The molecule has 2 aliphatic rings. The van der Waals surface area contributed by atoms with Crippen molar-refractivity contribution in [2.45, 2.75) is 12.1 Å². The Morgan fingerprint density at radius 2 is 1.55 bits per heavy atom. The van der Waals surface area contributed by atoms with Crippen molar-refractivity contribution in [2.24, 2.45) is 5.92 Å². The van der Waals surface area contributed by atoms with Gasteiger partial charge in [-0.2, -0.15) is 0 Å². The first kappa shape index (κ1) is 19.6. The Hall–Kier alpha value is -3.35. The molecule has 2 saturated heterocycles. The van der Waals surface area contributed by atoms with Gasteiger partial charge in [-0.05, 0) is 42.0 Å². The first-order valence-electron chi connectivity index (χ1n) is 9.87. The van der Waals surface area contributed by atoms with Crippen LogP contribution < -0.4 is 14.7 Å². The molecule has 0 aromatic heterocycles. The number of hydroxylamine groups is 1. The molecule has 2 fully saturated rings. The van der Waals surface area contributed by atoms with Crippen LogP contribution in [0.4, 0.5) is 11.4 Å². The molecule has 0 unspecified atom stereocenters. The number of hydrogen-bond donors (Lipinski definition) is 0. The molecule has 6 nitrogen and oxygen atoms in total. The second-order valence-corrected chi connectivity index (χ2v) is 7.80. The van der Waals surface area contributed by atoms with Gasteiger partial charge in [-0.15, -0.1) is 0 Å². The Balaban J connectivity index is 1.59. The Morgan fingerprint density at radius 3 is 2.23 bits per heavy atom. The highest BCUT2D eigenvalue weighted by Crippen LogP contribution is 2.48. The third-order valence-corrected chi connectivity index (χ3v) is 6.00. The van der Waals surface area contributed by atoms with Crippen molar-refractivity contribution in [3.63, 3.8) is 0 Å². The molecule has 7 heteroatoms. The van der Waals surface area contributed by atoms with E-state index in [2.05, 4.69) is 0 Å². The van der Waals surface area contributed by atoms with Crippen molar-refractivity contribution in [3.05, 3.63) is 89.4 Å². The highest BCUT2D eigenvalue weighted by Gasteiger charge is 2.60. The van der Waals surface area contributed by atoms with Crippen molar-refractivity contribution in [3.8, 4) is 5.75 Å². The van der Waals surface area contributed by atoms with Crippen LogP contribution in [-0.4, -0.2) is 25.0 Å². The number of fused-ring (bicyclic) bond motifs is 1. The SMILES string of the molecule is COc1ccc([C@H]2[C@H]3C(=O)N(c4ccccc4Cl)C(=O)[C@@H]3ON2c2ccccc2)cc1. The van der Waals surface area contributed by atoms with Gasteiger partial charge in [0.25, 0.3) is 5.91 Å². The van der Waals surface area contributed by atoms with Gasteiger partial charge in [0.2, 0.25) is 5.91 Å². The van der Waals surface area contributed by atoms with E-state index in [4.69, 9.17) is 21.2 Å². The predicted octanol–water partition coefficient (Wildman–Crippen LogP) is 4.40. The average Bonchev–Trinajstić information content (AvgIpc) is 3.31. The fourth-order valence-electron chi connectivity index (χ4n) is 4.22. The third-order valence-electron chi connectivity index (χ3n) is 5.68. The molecule has 2 amide bonds. The lowest BCUT2D eigenvalue weighted by atomic mass is 9.90. The lowest BCUT2D eigenvalue weighted by Crippen LogP contribution is -2.37. The molecule has 2 heterocycles. The van der Waals surface area contributed by atoms with Crippen LogP contribution in [0.25, 0.3) is 0 Å². The number of hydrogen-bond acceptors (Lipinski definition) is 5. The second-order valence-electron chi connectivity index (χ2n) is 7.39. The number of rotatable bonds is 4. The molecule has 3 aromatic rings. The smallest absolute Gasteiger partial charge is 0.266 e.